The van der Waals surface area contributed by atoms with E-state index in [1.165, 1.54) is 5.56 Å². The van der Waals surface area contributed by atoms with Gasteiger partial charge < -0.3 is 10.0 Å². The molecular formula is C30H26ClNO3. The third kappa shape index (κ3) is 6.17. The third-order valence-electron chi connectivity index (χ3n) is 5.92. The fraction of sp³-hybridized carbons (Fsp3) is 0.133. The first kappa shape index (κ1) is 24.2. The van der Waals surface area contributed by atoms with Gasteiger partial charge in [0, 0.05) is 13.1 Å². The monoisotopic (exact) mass is 483 g/mol. The molecule has 0 unspecified atom stereocenters. The van der Waals surface area contributed by atoms with Crippen molar-refractivity contribution in [1.82, 2.24) is 4.90 Å². The lowest BCUT2D eigenvalue weighted by Gasteiger charge is -2.24. The number of carbonyl (C=O) groups is 2. The van der Waals surface area contributed by atoms with Gasteiger partial charge in [-0.2, -0.15) is 0 Å². The number of carbonyl (C=O) groups excluding carboxylic acids is 1. The second-order valence-corrected chi connectivity index (χ2v) is 8.75. The van der Waals surface area contributed by atoms with Crippen molar-refractivity contribution in [3.63, 3.8) is 0 Å². The van der Waals surface area contributed by atoms with Crippen molar-refractivity contribution in [2.24, 2.45) is 0 Å². The lowest BCUT2D eigenvalue weighted by atomic mass is 9.98. The fourth-order valence-corrected chi connectivity index (χ4v) is 4.32. The maximum absolute atomic E-state index is 13.4. The minimum atomic E-state index is -0.959. The lowest BCUT2D eigenvalue weighted by molar-refractivity contribution is 0.0696. The van der Waals surface area contributed by atoms with Crippen LogP contribution in [0.4, 0.5) is 0 Å². The number of amides is 1. The molecule has 0 aliphatic heterocycles. The summed E-state index contributed by atoms with van der Waals surface area (Å²) in [5.74, 6) is -1.07. The molecule has 1 N–H and O–H groups in total. The first-order valence-electron chi connectivity index (χ1n) is 11.5. The minimum absolute atomic E-state index is 0.107. The van der Waals surface area contributed by atoms with Crippen LogP contribution < -0.4 is 0 Å². The Balaban J connectivity index is 1.53. The summed E-state index contributed by atoms with van der Waals surface area (Å²) >= 11 is 6.33. The normalized spacial score (nSPS) is 10.7. The quantitative estimate of drug-likeness (QED) is 0.279. The Morgan fingerprint density at radius 3 is 2.03 bits per heavy atom. The van der Waals surface area contributed by atoms with Crippen molar-refractivity contribution in [3.8, 4) is 11.1 Å². The molecular weight excluding hydrogens is 458 g/mol. The van der Waals surface area contributed by atoms with Crippen LogP contribution in [0.25, 0.3) is 11.1 Å². The van der Waals surface area contributed by atoms with Gasteiger partial charge in [-0.1, -0.05) is 96.5 Å². The molecule has 0 aliphatic rings. The van der Waals surface area contributed by atoms with Crippen LogP contribution in [-0.4, -0.2) is 28.4 Å². The predicted molar refractivity (Wildman–Crippen MR) is 140 cm³/mol. The van der Waals surface area contributed by atoms with Crippen LogP contribution in [0.3, 0.4) is 0 Å². The van der Waals surface area contributed by atoms with E-state index in [9.17, 15) is 14.7 Å². The van der Waals surface area contributed by atoms with Gasteiger partial charge in [0.1, 0.15) is 0 Å². The molecule has 35 heavy (non-hydrogen) atoms. The molecule has 4 aromatic carbocycles. The van der Waals surface area contributed by atoms with Gasteiger partial charge in [0.25, 0.3) is 5.91 Å². The van der Waals surface area contributed by atoms with Crippen molar-refractivity contribution in [2.45, 2.75) is 19.4 Å². The lowest BCUT2D eigenvalue weighted by Crippen LogP contribution is -2.32. The van der Waals surface area contributed by atoms with Gasteiger partial charge in [-0.05, 0) is 53.3 Å². The molecule has 0 fully saturated rings. The molecule has 1 amide bonds. The summed E-state index contributed by atoms with van der Waals surface area (Å²) in [5, 5.41) is 9.94. The predicted octanol–water partition coefficient (Wildman–Crippen LogP) is 6.98. The molecule has 0 bridgehead atoms. The molecule has 0 radical (unpaired) electrons. The van der Waals surface area contributed by atoms with E-state index in [-0.39, 0.29) is 11.5 Å². The van der Waals surface area contributed by atoms with Gasteiger partial charge in [-0.15, -0.1) is 0 Å². The molecule has 4 aromatic rings. The highest BCUT2D eigenvalue weighted by Gasteiger charge is 2.19. The van der Waals surface area contributed by atoms with Crippen LogP contribution in [-0.2, 0) is 13.0 Å². The summed E-state index contributed by atoms with van der Waals surface area (Å²) in [5.41, 5.74) is 4.43. The smallest absolute Gasteiger partial charge is 0.336 e. The molecule has 0 heterocycles. The third-order valence-corrected chi connectivity index (χ3v) is 6.25. The van der Waals surface area contributed by atoms with Crippen LogP contribution >= 0.6 is 11.6 Å². The van der Waals surface area contributed by atoms with Crippen LogP contribution in [0, 0.1) is 0 Å². The van der Waals surface area contributed by atoms with Gasteiger partial charge in [0.15, 0.2) is 0 Å². The first-order valence-corrected chi connectivity index (χ1v) is 11.9. The van der Waals surface area contributed by atoms with Gasteiger partial charge in [-0.25, -0.2) is 4.79 Å². The zero-order valence-corrected chi connectivity index (χ0v) is 20.0. The van der Waals surface area contributed by atoms with Crippen LogP contribution in [0.5, 0.6) is 0 Å². The van der Waals surface area contributed by atoms with Crippen LogP contribution in [0.1, 0.15) is 38.3 Å². The number of aryl methyl sites for hydroxylation is 1. The zero-order chi connectivity index (χ0) is 24.6. The highest BCUT2D eigenvalue weighted by Crippen LogP contribution is 2.25. The van der Waals surface area contributed by atoms with Crippen LogP contribution in [0.15, 0.2) is 103 Å². The number of hydrogen-bond acceptors (Lipinski definition) is 2. The molecule has 0 saturated heterocycles. The van der Waals surface area contributed by atoms with Crippen molar-refractivity contribution < 1.29 is 14.7 Å². The number of carboxylic acid groups (broad SMARTS) is 1. The number of aromatic carboxylic acids is 1. The van der Waals surface area contributed by atoms with E-state index in [2.05, 4.69) is 12.1 Å². The Labute approximate surface area is 210 Å². The van der Waals surface area contributed by atoms with E-state index in [1.807, 2.05) is 65.6 Å². The molecule has 5 heteroatoms. The summed E-state index contributed by atoms with van der Waals surface area (Å²) in [6.45, 7) is 1.02. The van der Waals surface area contributed by atoms with Gasteiger partial charge in [0.05, 0.1) is 16.1 Å². The summed E-state index contributed by atoms with van der Waals surface area (Å²) in [7, 11) is 0. The number of carboxylic acids is 1. The summed E-state index contributed by atoms with van der Waals surface area (Å²) < 4.78 is 0. The van der Waals surface area contributed by atoms with E-state index in [0.29, 0.717) is 29.2 Å². The van der Waals surface area contributed by atoms with Crippen LogP contribution in [0.2, 0.25) is 5.02 Å². The molecule has 0 aliphatic carbocycles. The van der Waals surface area contributed by atoms with Gasteiger partial charge in [-0.3, -0.25) is 4.79 Å². The maximum Gasteiger partial charge on any atom is 0.336 e. The van der Waals surface area contributed by atoms with Crippen molar-refractivity contribution in [2.75, 3.05) is 6.54 Å². The zero-order valence-electron chi connectivity index (χ0n) is 19.2. The van der Waals surface area contributed by atoms with Crippen molar-refractivity contribution in [3.05, 3.63) is 130 Å². The molecule has 0 saturated carbocycles. The van der Waals surface area contributed by atoms with E-state index in [1.54, 1.807) is 30.3 Å². The summed E-state index contributed by atoms with van der Waals surface area (Å²) in [6, 6.07) is 32.0. The molecule has 4 rings (SSSR count). The number of halogens is 1. The molecule has 0 aromatic heterocycles. The Hall–Kier alpha value is -3.89. The standard InChI is InChI=1S/C30H26ClNO3/c31-28-15-7-6-14-27(28)29(33)32(20-8-11-22-9-2-1-3-10-22)21-23-16-18-24(19-17-23)25-12-4-5-13-26(25)30(34)35/h1-7,9-10,12-19H,8,11,20-21H2,(H,34,35). The number of nitrogens with zero attached hydrogens (tertiary/aromatic N) is 1. The SMILES string of the molecule is O=C(O)c1ccccc1-c1ccc(CN(CCCc2ccccc2)C(=O)c2ccccc2Cl)cc1. The Bertz CT molecular complexity index is 1300. The maximum atomic E-state index is 13.4. The summed E-state index contributed by atoms with van der Waals surface area (Å²) in [6.07, 6.45) is 1.70. The average Bonchev–Trinajstić information content (AvgIpc) is 2.89. The van der Waals surface area contributed by atoms with Gasteiger partial charge in [0.2, 0.25) is 0 Å². The van der Waals surface area contributed by atoms with Gasteiger partial charge >= 0.3 is 5.97 Å². The highest BCUT2D eigenvalue weighted by molar-refractivity contribution is 6.33. The van der Waals surface area contributed by atoms with E-state index < -0.39 is 5.97 Å². The van der Waals surface area contributed by atoms with Crippen molar-refractivity contribution >= 4 is 23.5 Å². The first-order chi connectivity index (χ1) is 17.0. The number of benzene rings is 4. The highest BCUT2D eigenvalue weighted by atomic mass is 35.5. The molecule has 176 valence electrons. The van der Waals surface area contributed by atoms with E-state index >= 15 is 0 Å². The van der Waals surface area contributed by atoms with E-state index in [0.717, 1.165) is 24.0 Å². The minimum Gasteiger partial charge on any atom is -0.478 e. The van der Waals surface area contributed by atoms with E-state index in [4.69, 9.17) is 11.6 Å². The average molecular weight is 484 g/mol. The number of hydrogen-bond donors (Lipinski definition) is 1. The second-order valence-electron chi connectivity index (χ2n) is 8.34. The van der Waals surface area contributed by atoms with Crippen molar-refractivity contribution in [1.29, 1.82) is 0 Å². The Morgan fingerprint density at radius 2 is 1.34 bits per heavy atom. The Morgan fingerprint density at radius 1 is 0.714 bits per heavy atom. The second kappa shape index (κ2) is 11.5. The number of rotatable bonds is 9. The molecule has 0 atom stereocenters. The molecule has 0 spiro atoms. The Kier molecular flexibility index (Phi) is 7.96. The summed E-state index contributed by atoms with van der Waals surface area (Å²) in [4.78, 5) is 26.8. The molecule has 4 nitrogen and oxygen atoms in total. The largest absolute Gasteiger partial charge is 0.478 e. The topological polar surface area (TPSA) is 57.6 Å². The fourth-order valence-electron chi connectivity index (χ4n) is 4.11.